The van der Waals surface area contributed by atoms with Crippen LogP contribution in [0.4, 0.5) is 0 Å². The van der Waals surface area contributed by atoms with Crippen molar-refractivity contribution in [3.8, 4) is 0 Å². The van der Waals surface area contributed by atoms with Crippen LogP contribution in [0.1, 0.15) is 53.9 Å². The normalized spacial score (nSPS) is 12.3. The van der Waals surface area contributed by atoms with Crippen LogP contribution in [-0.4, -0.2) is 35.7 Å². The third-order valence-electron chi connectivity index (χ3n) is 2.78. The lowest BCUT2D eigenvalue weighted by atomic mass is 9.84. The van der Waals surface area contributed by atoms with E-state index < -0.39 is 5.97 Å². The summed E-state index contributed by atoms with van der Waals surface area (Å²) in [5.74, 6) is -0.917. The Bertz CT molecular complexity index is 305. The van der Waals surface area contributed by atoms with Gasteiger partial charge in [-0.1, -0.05) is 13.8 Å². The van der Waals surface area contributed by atoms with Gasteiger partial charge in [-0.15, -0.1) is 0 Å². The smallest absolute Gasteiger partial charge is 0.303 e. The van der Waals surface area contributed by atoms with E-state index in [-0.39, 0.29) is 30.0 Å². The van der Waals surface area contributed by atoms with Gasteiger partial charge in [-0.25, -0.2) is 0 Å². The maximum absolute atomic E-state index is 11.5. The second kappa shape index (κ2) is 7.48. The maximum atomic E-state index is 11.5. The molecule has 112 valence electrons. The molecule has 0 unspecified atom stereocenters. The van der Waals surface area contributed by atoms with Crippen molar-refractivity contribution in [3.05, 3.63) is 0 Å². The molecule has 0 aromatic rings. The molecule has 2 N–H and O–H groups in total. The van der Waals surface area contributed by atoms with E-state index in [0.29, 0.717) is 13.0 Å². The van der Waals surface area contributed by atoms with Crippen molar-refractivity contribution in [3.63, 3.8) is 0 Å². The molecule has 0 saturated carbocycles. The summed E-state index contributed by atoms with van der Waals surface area (Å²) in [4.78, 5) is 22.0. The van der Waals surface area contributed by atoms with Gasteiger partial charge in [0.25, 0.3) is 0 Å². The van der Waals surface area contributed by atoms with E-state index in [4.69, 9.17) is 9.84 Å². The largest absolute Gasteiger partial charge is 0.481 e. The van der Waals surface area contributed by atoms with Gasteiger partial charge in [0.1, 0.15) is 6.61 Å². The standard InChI is InChI=1S/C14H27NO4/c1-13(2,3)19-10-11(16)15-9-8-14(4,5)7-6-12(17)18/h6-10H2,1-5H3,(H,15,16)(H,17,18). The third-order valence-corrected chi connectivity index (χ3v) is 2.78. The molecule has 0 atom stereocenters. The Morgan fingerprint density at radius 1 is 1.11 bits per heavy atom. The van der Waals surface area contributed by atoms with Crippen LogP contribution in [0.25, 0.3) is 0 Å². The molecule has 0 heterocycles. The lowest BCUT2D eigenvalue weighted by Gasteiger charge is -2.24. The van der Waals surface area contributed by atoms with Crippen molar-refractivity contribution in [2.24, 2.45) is 5.41 Å². The van der Waals surface area contributed by atoms with Gasteiger partial charge >= 0.3 is 5.97 Å². The monoisotopic (exact) mass is 273 g/mol. The van der Waals surface area contributed by atoms with E-state index in [1.165, 1.54) is 0 Å². The molecule has 0 aliphatic carbocycles. The van der Waals surface area contributed by atoms with Gasteiger partial charge < -0.3 is 15.2 Å². The number of carboxylic acid groups (broad SMARTS) is 1. The van der Waals surface area contributed by atoms with Gasteiger partial charge in [0.05, 0.1) is 5.60 Å². The van der Waals surface area contributed by atoms with E-state index in [1.54, 1.807) is 0 Å². The molecular weight excluding hydrogens is 246 g/mol. The Morgan fingerprint density at radius 3 is 2.16 bits per heavy atom. The molecule has 0 fully saturated rings. The molecule has 0 aliphatic rings. The van der Waals surface area contributed by atoms with Crippen LogP contribution in [0.2, 0.25) is 0 Å². The Labute approximate surface area is 115 Å². The van der Waals surface area contributed by atoms with Crippen LogP contribution in [0.3, 0.4) is 0 Å². The van der Waals surface area contributed by atoms with Gasteiger partial charge in [0.15, 0.2) is 0 Å². The summed E-state index contributed by atoms with van der Waals surface area (Å²) in [5.41, 5.74) is -0.408. The predicted molar refractivity (Wildman–Crippen MR) is 74.0 cm³/mol. The number of nitrogens with one attached hydrogen (secondary N) is 1. The Balaban J connectivity index is 3.83. The molecule has 0 saturated heterocycles. The lowest BCUT2D eigenvalue weighted by Crippen LogP contribution is -2.34. The highest BCUT2D eigenvalue weighted by molar-refractivity contribution is 5.77. The second-order valence-corrected chi connectivity index (χ2v) is 6.56. The fraction of sp³-hybridized carbons (Fsp3) is 0.857. The number of rotatable bonds is 8. The summed E-state index contributed by atoms with van der Waals surface area (Å²) in [5, 5.41) is 11.4. The average molecular weight is 273 g/mol. The highest BCUT2D eigenvalue weighted by Crippen LogP contribution is 2.25. The summed E-state index contributed by atoms with van der Waals surface area (Å²) < 4.78 is 5.36. The zero-order valence-electron chi connectivity index (χ0n) is 12.7. The van der Waals surface area contributed by atoms with Gasteiger partial charge in [0, 0.05) is 13.0 Å². The zero-order valence-corrected chi connectivity index (χ0v) is 12.7. The minimum Gasteiger partial charge on any atom is -0.481 e. The molecule has 0 spiro atoms. The fourth-order valence-corrected chi connectivity index (χ4v) is 1.44. The Hall–Kier alpha value is -1.10. The van der Waals surface area contributed by atoms with Crippen LogP contribution in [-0.2, 0) is 14.3 Å². The van der Waals surface area contributed by atoms with Crippen LogP contribution < -0.4 is 5.32 Å². The fourth-order valence-electron chi connectivity index (χ4n) is 1.44. The summed E-state index contributed by atoms with van der Waals surface area (Å²) in [6.07, 6.45) is 1.52. The minimum atomic E-state index is -0.782. The number of carbonyl (C=O) groups excluding carboxylic acids is 1. The van der Waals surface area contributed by atoms with E-state index >= 15 is 0 Å². The highest BCUT2D eigenvalue weighted by Gasteiger charge is 2.19. The summed E-state index contributed by atoms with van der Waals surface area (Å²) >= 11 is 0. The van der Waals surface area contributed by atoms with Crippen LogP contribution in [0.5, 0.6) is 0 Å². The zero-order chi connectivity index (χ0) is 15.1. The SMILES string of the molecule is CC(C)(CCNC(=O)COC(C)(C)C)CCC(=O)O. The quantitative estimate of drug-likeness (QED) is 0.711. The Morgan fingerprint density at radius 2 is 1.68 bits per heavy atom. The average Bonchev–Trinajstić information content (AvgIpc) is 2.23. The number of hydrogen-bond donors (Lipinski definition) is 2. The molecule has 0 aliphatic heterocycles. The number of amides is 1. The van der Waals surface area contributed by atoms with Crippen molar-refractivity contribution in [2.45, 2.75) is 59.5 Å². The van der Waals surface area contributed by atoms with E-state index in [9.17, 15) is 9.59 Å². The first-order chi connectivity index (χ1) is 8.52. The molecule has 19 heavy (non-hydrogen) atoms. The summed E-state index contributed by atoms with van der Waals surface area (Å²) in [6.45, 7) is 10.3. The van der Waals surface area contributed by atoms with Crippen molar-refractivity contribution in [2.75, 3.05) is 13.2 Å². The number of aliphatic carboxylic acids is 1. The van der Waals surface area contributed by atoms with Gasteiger partial charge in [0.2, 0.25) is 5.91 Å². The molecule has 1 amide bonds. The van der Waals surface area contributed by atoms with Crippen LogP contribution >= 0.6 is 0 Å². The number of hydrogen-bond acceptors (Lipinski definition) is 3. The third kappa shape index (κ3) is 11.7. The van der Waals surface area contributed by atoms with Gasteiger partial charge in [-0.2, -0.15) is 0 Å². The highest BCUT2D eigenvalue weighted by atomic mass is 16.5. The number of carboxylic acids is 1. The van der Waals surface area contributed by atoms with Crippen LogP contribution in [0.15, 0.2) is 0 Å². The Kier molecular flexibility index (Phi) is 7.05. The topological polar surface area (TPSA) is 75.6 Å². The first-order valence-corrected chi connectivity index (χ1v) is 6.64. The van der Waals surface area contributed by atoms with Gasteiger partial charge in [-0.3, -0.25) is 9.59 Å². The minimum absolute atomic E-state index is 0.0546. The van der Waals surface area contributed by atoms with Crippen molar-refractivity contribution in [1.82, 2.24) is 5.32 Å². The van der Waals surface area contributed by atoms with Crippen molar-refractivity contribution < 1.29 is 19.4 Å². The molecule has 0 radical (unpaired) electrons. The molecule has 5 heteroatoms. The second-order valence-electron chi connectivity index (χ2n) is 6.56. The van der Waals surface area contributed by atoms with Crippen molar-refractivity contribution in [1.29, 1.82) is 0 Å². The van der Waals surface area contributed by atoms with Gasteiger partial charge in [-0.05, 0) is 39.0 Å². The number of carbonyl (C=O) groups is 2. The first kappa shape index (κ1) is 17.9. The summed E-state index contributed by atoms with van der Waals surface area (Å²) in [6, 6.07) is 0. The van der Waals surface area contributed by atoms with E-state index in [0.717, 1.165) is 6.42 Å². The maximum Gasteiger partial charge on any atom is 0.303 e. The van der Waals surface area contributed by atoms with Crippen molar-refractivity contribution >= 4 is 11.9 Å². The van der Waals surface area contributed by atoms with E-state index in [2.05, 4.69) is 5.32 Å². The molecule has 0 aromatic carbocycles. The molecule has 0 aromatic heterocycles. The molecule has 5 nitrogen and oxygen atoms in total. The lowest BCUT2D eigenvalue weighted by molar-refractivity contribution is -0.137. The molecule has 0 rings (SSSR count). The molecular formula is C14H27NO4. The summed E-state index contributed by atoms with van der Waals surface area (Å²) in [7, 11) is 0. The predicted octanol–water partition coefficient (Wildman–Crippen LogP) is 2.20. The van der Waals surface area contributed by atoms with Crippen LogP contribution in [0, 0.1) is 5.41 Å². The number of ether oxygens (including phenoxy) is 1. The molecule has 0 bridgehead atoms. The first-order valence-electron chi connectivity index (χ1n) is 6.64. The van der Waals surface area contributed by atoms with E-state index in [1.807, 2.05) is 34.6 Å².